The minimum absolute atomic E-state index is 0.0637. The van der Waals surface area contributed by atoms with Crippen molar-refractivity contribution >= 4 is 33.9 Å². The van der Waals surface area contributed by atoms with Crippen molar-refractivity contribution in [1.29, 1.82) is 0 Å². The van der Waals surface area contributed by atoms with E-state index in [9.17, 15) is 14.7 Å². The number of carboxylic acids is 1. The first-order valence-corrected chi connectivity index (χ1v) is 16.6. The molecule has 3 aromatic heterocycles. The fraction of sp³-hybridized carbons (Fsp3) is 0.405. The molecule has 4 heterocycles. The zero-order chi connectivity index (χ0) is 32.6. The number of aliphatic carboxylic acids is 1. The number of amides is 1. The monoisotopic (exact) mass is 632 g/mol. The smallest absolute Gasteiger partial charge is 0.320 e. The third-order valence-electron chi connectivity index (χ3n) is 10.8. The number of aryl methyl sites for hydroxylation is 1. The molecule has 1 saturated heterocycles. The summed E-state index contributed by atoms with van der Waals surface area (Å²) in [5, 5.41) is 10.2. The lowest BCUT2D eigenvalue weighted by Gasteiger charge is -2.27. The van der Waals surface area contributed by atoms with Crippen molar-refractivity contribution < 1.29 is 19.4 Å². The van der Waals surface area contributed by atoms with Gasteiger partial charge in [0.05, 0.1) is 24.0 Å². The molecule has 8 rings (SSSR count). The van der Waals surface area contributed by atoms with Crippen molar-refractivity contribution in [2.45, 2.75) is 57.7 Å². The van der Waals surface area contributed by atoms with Crippen LogP contribution in [0, 0.1) is 17.8 Å². The van der Waals surface area contributed by atoms with Crippen LogP contribution >= 0.6 is 0 Å². The fourth-order valence-electron chi connectivity index (χ4n) is 7.90. The van der Waals surface area contributed by atoms with Crippen molar-refractivity contribution in [3.05, 3.63) is 65.7 Å². The molecule has 2 aliphatic carbocycles. The fourth-order valence-corrected chi connectivity index (χ4v) is 7.90. The SMILES string of the molecule is COc1cc(C(=O)N2CC3CCC2[C@@H]3C)cc2nc(-c3cc4ccc(-c5ccc(CC(N)C(=O)O)cc5)nc4n3CC3CC3)n(C)c12. The number of carboxylic acid groups (broad SMARTS) is 1. The molecule has 1 amide bonds. The number of imidazole rings is 1. The van der Waals surface area contributed by atoms with E-state index in [2.05, 4.69) is 33.1 Å². The molecule has 3 unspecified atom stereocenters. The van der Waals surface area contributed by atoms with E-state index in [1.54, 1.807) is 7.11 Å². The van der Waals surface area contributed by atoms with Crippen molar-refractivity contribution in [2.24, 2.45) is 30.5 Å². The van der Waals surface area contributed by atoms with Crippen LogP contribution in [0.25, 0.3) is 44.8 Å². The molecule has 5 aromatic rings. The van der Waals surface area contributed by atoms with Crippen LogP contribution in [0.15, 0.2) is 54.6 Å². The molecule has 2 saturated carbocycles. The number of pyridine rings is 1. The maximum atomic E-state index is 13.8. The number of aromatic nitrogens is 4. The molecule has 10 nitrogen and oxygen atoms in total. The molecule has 3 aliphatic rings. The minimum Gasteiger partial charge on any atom is -0.494 e. The summed E-state index contributed by atoms with van der Waals surface area (Å²) in [5.74, 6) is 2.24. The highest BCUT2D eigenvalue weighted by Crippen LogP contribution is 2.44. The zero-order valence-corrected chi connectivity index (χ0v) is 27.0. The number of nitrogens with zero attached hydrogens (tertiary/aromatic N) is 5. The largest absolute Gasteiger partial charge is 0.494 e. The summed E-state index contributed by atoms with van der Waals surface area (Å²) in [5.41, 5.74) is 12.5. The lowest BCUT2D eigenvalue weighted by molar-refractivity contribution is -0.138. The Kier molecular flexibility index (Phi) is 7.09. The minimum atomic E-state index is -1.01. The van der Waals surface area contributed by atoms with Crippen LogP contribution in [0.2, 0.25) is 0 Å². The van der Waals surface area contributed by atoms with Gasteiger partial charge in [-0.25, -0.2) is 9.97 Å². The maximum absolute atomic E-state index is 13.8. The highest BCUT2D eigenvalue weighted by Gasteiger charge is 2.46. The van der Waals surface area contributed by atoms with Gasteiger partial charge in [-0.3, -0.25) is 9.59 Å². The molecule has 1 aliphatic heterocycles. The van der Waals surface area contributed by atoms with E-state index in [4.69, 9.17) is 20.4 Å². The summed E-state index contributed by atoms with van der Waals surface area (Å²) in [7, 11) is 3.66. The second-order valence-corrected chi connectivity index (χ2v) is 13.8. The van der Waals surface area contributed by atoms with Crippen LogP contribution in [0.4, 0.5) is 0 Å². The molecule has 4 atom stereocenters. The number of rotatable bonds is 9. The summed E-state index contributed by atoms with van der Waals surface area (Å²) in [6, 6.07) is 17.2. The number of benzene rings is 2. The van der Waals surface area contributed by atoms with Gasteiger partial charge in [0.2, 0.25) is 0 Å². The van der Waals surface area contributed by atoms with Crippen LogP contribution in [-0.4, -0.2) is 66.7 Å². The number of nitrogens with two attached hydrogens (primary N) is 1. The summed E-state index contributed by atoms with van der Waals surface area (Å²) < 4.78 is 10.2. The number of carbonyl (C=O) groups is 2. The van der Waals surface area contributed by atoms with Gasteiger partial charge in [0.25, 0.3) is 5.91 Å². The Balaban J connectivity index is 1.18. The zero-order valence-electron chi connectivity index (χ0n) is 27.0. The Morgan fingerprint density at radius 2 is 1.83 bits per heavy atom. The van der Waals surface area contributed by atoms with Gasteiger partial charge in [-0.15, -0.1) is 0 Å². The van der Waals surface area contributed by atoms with Gasteiger partial charge in [-0.05, 0) is 85.8 Å². The van der Waals surface area contributed by atoms with Crippen molar-refractivity contribution in [1.82, 2.24) is 24.0 Å². The van der Waals surface area contributed by atoms with E-state index < -0.39 is 12.0 Å². The lowest BCUT2D eigenvalue weighted by atomic mass is 10.0. The molecule has 3 N–H and O–H groups in total. The number of methoxy groups -OCH3 is 1. The van der Waals surface area contributed by atoms with E-state index in [0.717, 1.165) is 69.9 Å². The highest BCUT2D eigenvalue weighted by atomic mass is 16.5. The van der Waals surface area contributed by atoms with Crippen molar-refractivity contribution in [3.63, 3.8) is 0 Å². The van der Waals surface area contributed by atoms with Crippen molar-refractivity contribution in [2.75, 3.05) is 13.7 Å². The Hall–Kier alpha value is -4.70. The standard InChI is InChI=1S/C37H40N6O4/c1-20-25-11-13-30(20)43(19-25)36(44)26-15-29-33(32(17-26)47-3)41(2)35(40-29)31-16-24-10-12-28(39-34(24)42(31)18-22-4-5-22)23-8-6-21(7-9-23)14-27(38)37(45)46/h6-10,12,15-17,20,22,25,27,30H,4-5,11,13-14,18-19,38H2,1-3H3,(H,45,46)/t20-,25?,27?,30?/m1/s1. The second-order valence-electron chi connectivity index (χ2n) is 13.8. The summed E-state index contributed by atoms with van der Waals surface area (Å²) in [6.07, 6.45) is 4.95. The Morgan fingerprint density at radius 1 is 1.04 bits per heavy atom. The van der Waals surface area contributed by atoms with E-state index in [1.807, 2.05) is 49.5 Å². The first kappa shape index (κ1) is 29.7. The van der Waals surface area contributed by atoms with Crippen LogP contribution in [-0.2, 0) is 24.8 Å². The van der Waals surface area contributed by atoms with Crippen LogP contribution in [0.3, 0.4) is 0 Å². The molecule has 242 valence electrons. The molecule has 0 spiro atoms. The third-order valence-corrected chi connectivity index (χ3v) is 10.8. The van der Waals surface area contributed by atoms with Crippen LogP contribution in [0.1, 0.15) is 48.5 Å². The van der Waals surface area contributed by atoms with Crippen molar-refractivity contribution in [3.8, 4) is 28.5 Å². The van der Waals surface area contributed by atoms with Gasteiger partial charge in [0.15, 0.2) is 5.82 Å². The van der Waals surface area contributed by atoms with Crippen LogP contribution < -0.4 is 10.5 Å². The molecule has 2 bridgehead atoms. The molecule has 2 aromatic carbocycles. The van der Waals surface area contributed by atoms with Gasteiger partial charge in [-0.1, -0.05) is 31.2 Å². The van der Waals surface area contributed by atoms with E-state index in [1.165, 1.54) is 19.3 Å². The predicted molar refractivity (Wildman–Crippen MR) is 180 cm³/mol. The number of carbonyl (C=O) groups excluding carboxylic acids is 1. The number of fused-ring (bicyclic) bond motifs is 4. The Labute approximate surface area is 273 Å². The topological polar surface area (TPSA) is 129 Å². The highest BCUT2D eigenvalue weighted by molar-refractivity contribution is 6.00. The van der Waals surface area contributed by atoms with E-state index in [0.29, 0.717) is 35.1 Å². The van der Waals surface area contributed by atoms with Gasteiger partial charge < -0.3 is 29.6 Å². The summed E-state index contributed by atoms with van der Waals surface area (Å²) >= 11 is 0. The summed E-state index contributed by atoms with van der Waals surface area (Å²) in [6.45, 7) is 3.96. The third kappa shape index (κ3) is 5.06. The number of likely N-dealkylation sites (tertiary alicyclic amines) is 1. The predicted octanol–water partition coefficient (Wildman–Crippen LogP) is 5.50. The molecule has 10 heteroatoms. The van der Waals surface area contributed by atoms with E-state index in [-0.39, 0.29) is 12.3 Å². The number of hydrogen-bond donors (Lipinski definition) is 2. The summed E-state index contributed by atoms with van der Waals surface area (Å²) in [4.78, 5) is 37.3. The number of piperidine rings is 1. The van der Waals surface area contributed by atoms with Gasteiger partial charge in [-0.2, -0.15) is 0 Å². The molecular formula is C37H40N6O4. The van der Waals surface area contributed by atoms with Crippen LogP contribution in [0.5, 0.6) is 5.75 Å². The molecule has 47 heavy (non-hydrogen) atoms. The average molecular weight is 633 g/mol. The number of hydrogen-bond acceptors (Lipinski definition) is 6. The van der Waals surface area contributed by atoms with Gasteiger partial charge in [0, 0.05) is 42.7 Å². The lowest BCUT2D eigenvalue weighted by Crippen LogP contribution is -2.38. The molecular weight excluding hydrogens is 592 g/mol. The molecule has 0 radical (unpaired) electrons. The first-order valence-electron chi connectivity index (χ1n) is 16.6. The second kappa shape index (κ2) is 11.2. The maximum Gasteiger partial charge on any atom is 0.320 e. The van der Waals surface area contributed by atoms with E-state index >= 15 is 0 Å². The quantitative estimate of drug-likeness (QED) is 0.220. The normalized spacial score (nSPS) is 21.2. The van der Waals surface area contributed by atoms with Gasteiger partial charge in [0.1, 0.15) is 23.0 Å². The Morgan fingerprint density at radius 3 is 2.49 bits per heavy atom. The number of ether oxygens (including phenoxy) is 1. The Bertz CT molecular complexity index is 2040. The van der Waals surface area contributed by atoms with Gasteiger partial charge >= 0.3 is 5.97 Å². The average Bonchev–Trinajstić information content (AvgIpc) is 3.48. The molecule has 3 fully saturated rings. The first-order chi connectivity index (χ1) is 22.7.